The third kappa shape index (κ3) is 2.84. The van der Waals surface area contributed by atoms with E-state index in [2.05, 4.69) is 10.6 Å². The van der Waals surface area contributed by atoms with Gasteiger partial charge in [0.25, 0.3) is 12.3 Å². The Bertz CT molecular complexity index is 885. The second-order valence-corrected chi connectivity index (χ2v) is 6.39. The van der Waals surface area contributed by atoms with Crippen LogP contribution in [0.15, 0.2) is 42.5 Å². The van der Waals surface area contributed by atoms with Crippen molar-refractivity contribution in [3.05, 3.63) is 53.6 Å². The van der Waals surface area contributed by atoms with Crippen LogP contribution in [0.3, 0.4) is 0 Å². The van der Waals surface area contributed by atoms with Gasteiger partial charge in [-0.25, -0.2) is 8.78 Å². The van der Waals surface area contributed by atoms with E-state index in [1.165, 1.54) is 12.1 Å². The first-order valence-corrected chi connectivity index (χ1v) is 8.39. The molecule has 134 valence electrons. The number of anilines is 1. The van der Waals surface area contributed by atoms with E-state index >= 15 is 0 Å². The van der Waals surface area contributed by atoms with Gasteiger partial charge in [0.1, 0.15) is 6.04 Å². The molecule has 2 aromatic carbocycles. The van der Waals surface area contributed by atoms with Crippen LogP contribution < -0.4 is 10.6 Å². The highest BCUT2D eigenvalue weighted by molar-refractivity contribution is 6.10. The molecular formula is C19H17F2N3O2. The Kier molecular flexibility index (Phi) is 4.16. The maximum absolute atomic E-state index is 13.0. The minimum atomic E-state index is -2.56. The lowest BCUT2D eigenvalue weighted by Gasteiger charge is -2.33. The van der Waals surface area contributed by atoms with E-state index in [9.17, 15) is 18.4 Å². The Balaban J connectivity index is 1.76. The highest BCUT2D eigenvalue weighted by Crippen LogP contribution is 2.31. The van der Waals surface area contributed by atoms with E-state index in [1.54, 1.807) is 35.2 Å². The zero-order valence-corrected chi connectivity index (χ0v) is 13.8. The molecule has 1 atom stereocenters. The molecule has 0 spiro atoms. The predicted molar refractivity (Wildman–Crippen MR) is 93.2 cm³/mol. The number of nitrogens with zero attached hydrogens (tertiary/aromatic N) is 1. The van der Waals surface area contributed by atoms with Gasteiger partial charge >= 0.3 is 0 Å². The molecule has 0 unspecified atom stereocenters. The van der Waals surface area contributed by atoms with Crippen molar-refractivity contribution in [2.24, 2.45) is 0 Å². The van der Waals surface area contributed by atoms with Crippen LogP contribution in [-0.2, 0) is 4.79 Å². The minimum Gasteiger partial charge on any atom is -0.324 e. The topological polar surface area (TPSA) is 61.4 Å². The summed E-state index contributed by atoms with van der Waals surface area (Å²) in [6.45, 7) is 1.48. The number of nitrogens with one attached hydrogen (secondary N) is 2. The van der Waals surface area contributed by atoms with E-state index in [0.29, 0.717) is 42.0 Å². The third-order valence-corrected chi connectivity index (χ3v) is 4.79. The van der Waals surface area contributed by atoms with Crippen LogP contribution >= 0.6 is 0 Å². The molecule has 4 rings (SSSR count). The summed E-state index contributed by atoms with van der Waals surface area (Å²) in [5.74, 6) is -0.450. The quantitative estimate of drug-likeness (QED) is 0.869. The van der Waals surface area contributed by atoms with Crippen molar-refractivity contribution in [3.8, 4) is 11.1 Å². The first kappa shape index (κ1) is 16.7. The molecule has 0 aromatic heterocycles. The lowest BCUT2D eigenvalue weighted by Crippen LogP contribution is -2.57. The van der Waals surface area contributed by atoms with E-state index in [1.807, 2.05) is 0 Å². The number of amides is 2. The molecule has 0 radical (unpaired) electrons. The van der Waals surface area contributed by atoms with Crippen LogP contribution in [0.2, 0.25) is 0 Å². The van der Waals surface area contributed by atoms with Crippen molar-refractivity contribution in [1.29, 1.82) is 0 Å². The number of piperazine rings is 1. The number of alkyl halides is 2. The van der Waals surface area contributed by atoms with Gasteiger partial charge in [-0.1, -0.05) is 24.3 Å². The van der Waals surface area contributed by atoms with E-state index in [-0.39, 0.29) is 17.4 Å². The van der Waals surface area contributed by atoms with Crippen LogP contribution in [-0.4, -0.2) is 42.4 Å². The molecule has 2 aromatic rings. The van der Waals surface area contributed by atoms with Gasteiger partial charge in [0.15, 0.2) is 0 Å². The normalized spacial score (nSPS) is 19.7. The maximum Gasteiger partial charge on any atom is 0.263 e. The van der Waals surface area contributed by atoms with Gasteiger partial charge in [-0.3, -0.25) is 9.59 Å². The second-order valence-electron chi connectivity index (χ2n) is 6.39. The summed E-state index contributed by atoms with van der Waals surface area (Å²) in [5, 5.41) is 5.92. The fourth-order valence-electron chi connectivity index (χ4n) is 3.42. The Morgan fingerprint density at radius 2 is 1.88 bits per heavy atom. The van der Waals surface area contributed by atoms with Gasteiger partial charge in [0.05, 0.1) is 11.3 Å². The summed E-state index contributed by atoms with van der Waals surface area (Å²) in [4.78, 5) is 26.9. The molecule has 7 heteroatoms. The first-order chi connectivity index (χ1) is 12.5. The third-order valence-electron chi connectivity index (χ3n) is 4.79. The van der Waals surface area contributed by atoms with Crippen LogP contribution in [0.5, 0.6) is 0 Å². The van der Waals surface area contributed by atoms with E-state index in [4.69, 9.17) is 0 Å². The SMILES string of the molecule is O=C1Nc2ccc(-c3cccc(C(F)F)c3)cc2C(=O)N2CCNC[C@@H]12. The maximum atomic E-state index is 13.0. The van der Waals surface area contributed by atoms with Crippen molar-refractivity contribution in [3.63, 3.8) is 0 Å². The summed E-state index contributed by atoms with van der Waals surface area (Å²) in [5.41, 5.74) is 2.01. The number of rotatable bonds is 2. The highest BCUT2D eigenvalue weighted by atomic mass is 19.3. The number of carbonyl (C=O) groups excluding carboxylic acids is 2. The largest absolute Gasteiger partial charge is 0.324 e. The fraction of sp³-hybridized carbons (Fsp3) is 0.263. The number of carbonyl (C=O) groups is 2. The Labute approximate surface area is 149 Å². The lowest BCUT2D eigenvalue weighted by molar-refractivity contribution is -0.120. The van der Waals surface area contributed by atoms with Crippen molar-refractivity contribution in [2.75, 3.05) is 25.0 Å². The summed E-state index contributed by atoms with van der Waals surface area (Å²) in [6.07, 6.45) is -2.56. The molecule has 0 bridgehead atoms. The molecule has 1 saturated heterocycles. The molecule has 2 aliphatic heterocycles. The standard InChI is InChI=1S/C19H17F2N3O2/c20-17(21)13-3-1-2-11(8-13)12-4-5-15-14(9-12)19(26)24-7-6-22-10-16(24)18(25)23-15/h1-5,8-9,16-17,22H,6-7,10H2,(H,23,25)/t16-/m0/s1. The minimum absolute atomic E-state index is 0.0701. The van der Waals surface area contributed by atoms with Gasteiger partial charge in [0.2, 0.25) is 5.91 Å². The molecular weight excluding hydrogens is 340 g/mol. The summed E-state index contributed by atoms with van der Waals surface area (Å²) in [7, 11) is 0. The zero-order valence-electron chi connectivity index (χ0n) is 13.8. The fourth-order valence-corrected chi connectivity index (χ4v) is 3.42. The average Bonchev–Trinajstić information content (AvgIpc) is 2.77. The Hall–Kier alpha value is -2.80. The van der Waals surface area contributed by atoms with Crippen molar-refractivity contribution >= 4 is 17.5 Å². The molecule has 1 fully saturated rings. The number of benzene rings is 2. The number of fused-ring (bicyclic) bond motifs is 2. The summed E-state index contributed by atoms with van der Waals surface area (Å²) < 4.78 is 25.9. The first-order valence-electron chi connectivity index (χ1n) is 8.39. The zero-order chi connectivity index (χ0) is 18.3. The van der Waals surface area contributed by atoms with Gasteiger partial charge in [-0.2, -0.15) is 0 Å². The molecule has 2 amide bonds. The molecule has 2 aliphatic rings. The number of halogens is 2. The predicted octanol–water partition coefficient (Wildman–Crippen LogP) is 2.66. The smallest absolute Gasteiger partial charge is 0.263 e. The summed E-state index contributed by atoms with van der Waals surface area (Å²) >= 11 is 0. The molecule has 0 saturated carbocycles. The molecule has 0 aliphatic carbocycles. The Morgan fingerprint density at radius 1 is 1.08 bits per heavy atom. The molecule has 5 nitrogen and oxygen atoms in total. The van der Waals surface area contributed by atoms with Crippen LogP contribution in [0, 0.1) is 0 Å². The molecule has 2 N–H and O–H groups in total. The number of hydrogen-bond acceptors (Lipinski definition) is 3. The van der Waals surface area contributed by atoms with Gasteiger partial charge < -0.3 is 15.5 Å². The molecule has 26 heavy (non-hydrogen) atoms. The van der Waals surface area contributed by atoms with Gasteiger partial charge in [-0.15, -0.1) is 0 Å². The van der Waals surface area contributed by atoms with Crippen molar-refractivity contribution in [1.82, 2.24) is 10.2 Å². The molecule has 2 heterocycles. The van der Waals surface area contributed by atoms with E-state index in [0.717, 1.165) is 0 Å². The lowest BCUT2D eigenvalue weighted by atomic mass is 9.99. The number of hydrogen-bond donors (Lipinski definition) is 2. The monoisotopic (exact) mass is 357 g/mol. The van der Waals surface area contributed by atoms with Crippen molar-refractivity contribution < 1.29 is 18.4 Å². The summed E-state index contributed by atoms with van der Waals surface area (Å²) in [6, 6.07) is 10.6. The van der Waals surface area contributed by atoms with Gasteiger partial charge in [-0.05, 0) is 29.3 Å². The van der Waals surface area contributed by atoms with Crippen molar-refractivity contribution in [2.45, 2.75) is 12.5 Å². The van der Waals surface area contributed by atoms with Gasteiger partial charge in [0, 0.05) is 25.2 Å². The Morgan fingerprint density at radius 3 is 2.69 bits per heavy atom. The van der Waals surface area contributed by atoms with Crippen LogP contribution in [0.1, 0.15) is 22.3 Å². The van der Waals surface area contributed by atoms with Crippen LogP contribution in [0.4, 0.5) is 14.5 Å². The second kappa shape index (κ2) is 6.49. The average molecular weight is 357 g/mol. The van der Waals surface area contributed by atoms with Crippen LogP contribution in [0.25, 0.3) is 11.1 Å². The highest BCUT2D eigenvalue weighted by Gasteiger charge is 2.36. The van der Waals surface area contributed by atoms with E-state index < -0.39 is 12.5 Å².